The van der Waals surface area contributed by atoms with Crippen LogP contribution < -0.4 is 5.32 Å². The predicted molar refractivity (Wildman–Crippen MR) is 65.4 cm³/mol. The molecule has 108 valence electrons. The van der Waals surface area contributed by atoms with Crippen LogP contribution in [-0.2, 0) is 6.18 Å². The van der Waals surface area contributed by atoms with Gasteiger partial charge in [0.1, 0.15) is 5.82 Å². The minimum atomic E-state index is -4.52. The minimum Gasteiger partial charge on any atom is -0.388 e. The van der Waals surface area contributed by atoms with Crippen LogP contribution in [0.5, 0.6) is 0 Å². The third-order valence-corrected chi connectivity index (χ3v) is 3.22. The topological polar surface area (TPSA) is 32.3 Å². The number of hydrogen-bond acceptors (Lipinski definition) is 2. The molecule has 0 radical (unpaired) electrons. The quantitative estimate of drug-likeness (QED) is 0.803. The second-order valence-corrected chi connectivity index (χ2v) is 4.48. The van der Waals surface area contributed by atoms with Crippen molar-refractivity contribution in [2.75, 3.05) is 11.9 Å². The van der Waals surface area contributed by atoms with Gasteiger partial charge in [-0.1, -0.05) is 13.8 Å². The molecule has 2 N–H and O–H groups in total. The molecule has 0 bridgehead atoms. The van der Waals surface area contributed by atoms with E-state index in [-0.39, 0.29) is 12.2 Å². The summed E-state index contributed by atoms with van der Waals surface area (Å²) in [7, 11) is 0. The highest BCUT2D eigenvalue weighted by Crippen LogP contribution is 2.32. The van der Waals surface area contributed by atoms with Crippen LogP contribution in [0.15, 0.2) is 18.2 Å². The van der Waals surface area contributed by atoms with E-state index in [0.29, 0.717) is 25.0 Å². The summed E-state index contributed by atoms with van der Waals surface area (Å²) in [6, 6.07) is 2.16. The van der Waals surface area contributed by atoms with Gasteiger partial charge in [-0.05, 0) is 31.0 Å². The molecule has 0 aromatic heterocycles. The molecule has 0 aliphatic rings. The van der Waals surface area contributed by atoms with Gasteiger partial charge in [0, 0.05) is 6.54 Å². The largest absolute Gasteiger partial charge is 0.416 e. The summed E-state index contributed by atoms with van der Waals surface area (Å²) in [4.78, 5) is 0. The zero-order valence-corrected chi connectivity index (χ0v) is 10.8. The highest BCUT2D eigenvalue weighted by atomic mass is 19.4. The number of anilines is 1. The summed E-state index contributed by atoms with van der Waals surface area (Å²) < 4.78 is 50.9. The molecule has 0 aliphatic heterocycles. The molecule has 0 amide bonds. The number of benzene rings is 1. The lowest BCUT2D eigenvalue weighted by Gasteiger charge is -2.26. The van der Waals surface area contributed by atoms with Gasteiger partial charge in [-0.15, -0.1) is 0 Å². The van der Waals surface area contributed by atoms with E-state index in [4.69, 9.17) is 0 Å². The normalized spacial score (nSPS) is 12.6. The SMILES string of the molecule is CCC(O)(CC)CNc1cc(C(F)(F)F)ccc1F. The van der Waals surface area contributed by atoms with Crippen LogP contribution in [0, 0.1) is 5.82 Å². The standard InChI is InChI=1S/C13H17F4NO/c1-3-12(19,4-2)8-18-11-7-9(13(15,16)17)5-6-10(11)14/h5-7,18-19H,3-4,8H2,1-2H3. The Balaban J connectivity index is 2.89. The van der Waals surface area contributed by atoms with E-state index in [2.05, 4.69) is 5.32 Å². The minimum absolute atomic E-state index is 0.00176. The molecular formula is C13H17F4NO. The Morgan fingerprint density at radius 2 is 1.74 bits per heavy atom. The summed E-state index contributed by atoms with van der Waals surface area (Å²) in [5.74, 6) is -0.775. The molecule has 1 aromatic carbocycles. The molecule has 6 heteroatoms. The summed E-state index contributed by atoms with van der Waals surface area (Å²) in [6.07, 6.45) is -3.66. The van der Waals surface area contributed by atoms with Crippen LogP contribution in [0.25, 0.3) is 0 Å². The Hall–Kier alpha value is -1.30. The van der Waals surface area contributed by atoms with Crippen LogP contribution in [0.3, 0.4) is 0 Å². The van der Waals surface area contributed by atoms with E-state index in [1.165, 1.54) is 0 Å². The molecule has 0 atom stereocenters. The zero-order chi connectivity index (χ0) is 14.7. The fraction of sp³-hybridized carbons (Fsp3) is 0.538. The van der Waals surface area contributed by atoms with Gasteiger partial charge in [0.05, 0.1) is 16.9 Å². The van der Waals surface area contributed by atoms with Crippen molar-refractivity contribution in [3.63, 3.8) is 0 Å². The van der Waals surface area contributed by atoms with Gasteiger partial charge in [0.2, 0.25) is 0 Å². The Labute approximate surface area is 109 Å². The molecule has 0 aliphatic carbocycles. The molecule has 0 saturated carbocycles. The van der Waals surface area contributed by atoms with Gasteiger partial charge >= 0.3 is 6.18 Å². The lowest BCUT2D eigenvalue weighted by Crippen LogP contribution is -2.35. The Kier molecular flexibility index (Phi) is 4.79. The Morgan fingerprint density at radius 1 is 1.16 bits per heavy atom. The number of alkyl halides is 3. The second-order valence-electron chi connectivity index (χ2n) is 4.48. The summed E-state index contributed by atoms with van der Waals surface area (Å²) in [5.41, 5.74) is -2.23. The number of halogens is 4. The third kappa shape index (κ3) is 4.09. The Bertz CT molecular complexity index is 427. The summed E-state index contributed by atoms with van der Waals surface area (Å²) in [5, 5.41) is 12.5. The van der Waals surface area contributed by atoms with Crippen LogP contribution >= 0.6 is 0 Å². The van der Waals surface area contributed by atoms with E-state index in [0.717, 1.165) is 6.07 Å². The van der Waals surface area contributed by atoms with E-state index in [9.17, 15) is 22.7 Å². The fourth-order valence-corrected chi connectivity index (χ4v) is 1.60. The van der Waals surface area contributed by atoms with Gasteiger partial charge in [-0.3, -0.25) is 0 Å². The van der Waals surface area contributed by atoms with Gasteiger partial charge < -0.3 is 10.4 Å². The summed E-state index contributed by atoms with van der Waals surface area (Å²) >= 11 is 0. The molecule has 1 aromatic rings. The predicted octanol–water partition coefficient (Wildman–Crippen LogP) is 3.81. The van der Waals surface area contributed by atoms with E-state index >= 15 is 0 Å². The third-order valence-electron chi connectivity index (χ3n) is 3.22. The lowest BCUT2D eigenvalue weighted by molar-refractivity contribution is -0.137. The average molecular weight is 279 g/mol. The van der Waals surface area contributed by atoms with Gasteiger partial charge in [-0.2, -0.15) is 13.2 Å². The highest BCUT2D eigenvalue weighted by molar-refractivity contribution is 5.48. The smallest absolute Gasteiger partial charge is 0.388 e. The van der Waals surface area contributed by atoms with Crippen molar-refractivity contribution in [2.24, 2.45) is 0 Å². The van der Waals surface area contributed by atoms with Crippen molar-refractivity contribution in [3.8, 4) is 0 Å². The molecule has 0 unspecified atom stereocenters. The molecule has 19 heavy (non-hydrogen) atoms. The first-order chi connectivity index (χ1) is 8.72. The van der Waals surface area contributed by atoms with Crippen LogP contribution in [-0.4, -0.2) is 17.3 Å². The number of nitrogens with one attached hydrogen (secondary N) is 1. The molecule has 0 heterocycles. The van der Waals surface area contributed by atoms with Gasteiger partial charge in [0.25, 0.3) is 0 Å². The van der Waals surface area contributed by atoms with Gasteiger partial charge in [0.15, 0.2) is 0 Å². The first-order valence-electron chi connectivity index (χ1n) is 6.05. The van der Waals surface area contributed by atoms with Crippen molar-refractivity contribution in [1.82, 2.24) is 0 Å². The molecule has 0 saturated heterocycles. The summed E-state index contributed by atoms with van der Waals surface area (Å²) in [6.45, 7) is 3.51. The number of hydrogen-bond donors (Lipinski definition) is 2. The number of rotatable bonds is 5. The fourth-order valence-electron chi connectivity index (χ4n) is 1.60. The maximum absolute atomic E-state index is 13.4. The van der Waals surface area contributed by atoms with Crippen molar-refractivity contribution in [2.45, 2.75) is 38.5 Å². The van der Waals surface area contributed by atoms with Crippen molar-refractivity contribution in [3.05, 3.63) is 29.6 Å². The maximum atomic E-state index is 13.4. The second kappa shape index (κ2) is 5.77. The molecule has 0 spiro atoms. The molecule has 1 rings (SSSR count). The van der Waals surface area contributed by atoms with Crippen LogP contribution in [0.2, 0.25) is 0 Å². The van der Waals surface area contributed by atoms with Crippen molar-refractivity contribution >= 4 is 5.69 Å². The van der Waals surface area contributed by atoms with Crippen molar-refractivity contribution in [1.29, 1.82) is 0 Å². The first-order valence-corrected chi connectivity index (χ1v) is 6.05. The van der Waals surface area contributed by atoms with E-state index < -0.39 is 23.2 Å². The van der Waals surface area contributed by atoms with Crippen molar-refractivity contribution < 1.29 is 22.7 Å². The first kappa shape index (κ1) is 15.8. The number of aliphatic hydroxyl groups is 1. The van der Waals surface area contributed by atoms with E-state index in [1.54, 1.807) is 13.8 Å². The molecule has 2 nitrogen and oxygen atoms in total. The molecule has 0 fully saturated rings. The molecular weight excluding hydrogens is 262 g/mol. The monoisotopic (exact) mass is 279 g/mol. The maximum Gasteiger partial charge on any atom is 0.416 e. The van der Waals surface area contributed by atoms with E-state index in [1.807, 2.05) is 0 Å². The van der Waals surface area contributed by atoms with Crippen LogP contribution in [0.1, 0.15) is 32.3 Å². The van der Waals surface area contributed by atoms with Crippen LogP contribution in [0.4, 0.5) is 23.2 Å². The van der Waals surface area contributed by atoms with Gasteiger partial charge in [-0.25, -0.2) is 4.39 Å². The highest BCUT2D eigenvalue weighted by Gasteiger charge is 2.31. The average Bonchev–Trinajstić information content (AvgIpc) is 2.36. The Morgan fingerprint density at radius 3 is 2.21 bits per heavy atom. The zero-order valence-electron chi connectivity index (χ0n) is 10.8. The lowest BCUT2D eigenvalue weighted by atomic mass is 9.97.